The van der Waals surface area contributed by atoms with Crippen LogP contribution in [0.25, 0.3) is 10.8 Å². The Morgan fingerprint density at radius 1 is 1.14 bits per heavy atom. The van der Waals surface area contributed by atoms with Crippen molar-refractivity contribution in [2.24, 2.45) is 0 Å². The number of benzene rings is 2. The van der Waals surface area contributed by atoms with Crippen LogP contribution in [0.5, 0.6) is 0 Å². The van der Waals surface area contributed by atoms with E-state index in [1.54, 1.807) is 0 Å². The Balaban J connectivity index is 1.88. The van der Waals surface area contributed by atoms with Gasteiger partial charge in [-0.2, -0.15) is 0 Å². The molecule has 1 atom stereocenters. The molecular formula is C18H22N2O. The number of anilines is 1. The van der Waals surface area contributed by atoms with Crippen molar-refractivity contribution in [2.45, 2.75) is 38.8 Å². The summed E-state index contributed by atoms with van der Waals surface area (Å²) >= 11 is 0. The Morgan fingerprint density at radius 3 is 2.67 bits per heavy atom. The van der Waals surface area contributed by atoms with E-state index >= 15 is 0 Å². The van der Waals surface area contributed by atoms with E-state index in [0.29, 0.717) is 6.04 Å². The number of piperidine rings is 1. The van der Waals surface area contributed by atoms with E-state index < -0.39 is 0 Å². The third-order valence-electron chi connectivity index (χ3n) is 4.02. The van der Waals surface area contributed by atoms with Gasteiger partial charge in [0, 0.05) is 18.3 Å². The van der Waals surface area contributed by atoms with Crippen LogP contribution in [0.2, 0.25) is 0 Å². The quantitative estimate of drug-likeness (QED) is 0.936. The van der Waals surface area contributed by atoms with Crippen molar-refractivity contribution in [3.05, 3.63) is 42.5 Å². The summed E-state index contributed by atoms with van der Waals surface area (Å²) in [6, 6.07) is 14.8. The lowest BCUT2D eigenvalue weighted by atomic mass is 10.0. The number of carbonyl (C=O) groups excluding carboxylic acids is 1. The van der Waals surface area contributed by atoms with Gasteiger partial charge < -0.3 is 10.2 Å². The Kier molecular flexibility index (Phi) is 3.93. The molecule has 110 valence electrons. The zero-order valence-electron chi connectivity index (χ0n) is 12.7. The summed E-state index contributed by atoms with van der Waals surface area (Å²) in [4.78, 5) is 14.6. The molecular weight excluding hydrogens is 260 g/mol. The zero-order chi connectivity index (χ0) is 14.8. The maximum Gasteiger partial charge on any atom is 0.244 e. The van der Waals surface area contributed by atoms with Crippen LogP contribution in [0.3, 0.4) is 0 Å². The van der Waals surface area contributed by atoms with Crippen molar-refractivity contribution in [1.82, 2.24) is 5.32 Å². The largest absolute Gasteiger partial charge is 0.311 e. The number of rotatable bonds is 3. The van der Waals surface area contributed by atoms with Gasteiger partial charge in [-0.1, -0.05) is 44.2 Å². The van der Waals surface area contributed by atoms with E-state index in [1.807, 2.05) is 17.0 Å². The number of hydrogen-bond acceptors (Lipinski definition) is 2. The summed E-state index contributed by atoms with van der Waals surface area (Å²) in [6.07, 6.45) is 1.98. The molecule has 1 aliphatic heterocycles. The van der Waals surface area contributed by atoms with Crippen molar-refractivity contribution < 1.29 is 4.79 Å². The van der Waals surface area contributed by atoms with Gasteiger partial charge in [0.05, 0.1) is 6.04 Å². The number of nitrogens with one attached hydrogen (secondary N) is 1. The summed E-state index contributed by atoms with van der Waals surface area (Å²) < 4.78 is 0. The molecule has 3 nitrogen and oxygen atoms in total. The molecule has 1 unspecified atom stereocenters. The highest BCUT2D eigenvalue weighted by atomic mass is 16.2. The molecule has 21 heavy (non-hydrogen) atoms. The number of nitrogens with zero attached hydrogens (tertiary/aromatic N) is 1. The SMILES string of the molecule is CC(C)NC1CCCN(c2ccc3ccccc3c2)C1=O. The standard InChI is InChI=1S/C18H22N2O/c1-13(2)19-17-8-5-11-20(18(17)21)16-10-9-14-6-3-4-7-15(14)12-16/h3-4,6-7,9-10,12-13,17,19H,5,8,11H2,1-2H3. The van der Waals surface area contributed by atoms with Crippen molar-refractivity contribution in [3.63, 3.8) is 0 Å². The lowest BCUT2D eigenvalue weighted by Crippen LogP contribution is -2.52. The molecule has 2 aromatic rings. The summed E-state index contributed by atoms with van der Waals surface area (Å²) in [5.41, 5.74) is 1.01. The van der Waals surface area contributed by atoms with Gasteiger partial charge in [0.15, 0.2) is 0 Å². The third-order valence-corrected chi connectivity index (χ3v) is 4.02. The van der Waals surface area contributed by atoms with Crippen molar-refractivity contribution >= 4 is 22.4 Å². The van der Waals surface area contributed by atoms with Crippen LogP contribution in [0.4, 0.5) is 5.69 Å². The number of carbonyl (C=O) groups is 1. The predicted molar refractivity (Wildman–Crippen MR) is 87.6 cm³/mol. The van der Waals surface area contributed by atoms with Gasteiger partial charge in [0.1, 0.15) is 0 Å². The lowest BCUT2D eigenvalue weighted by molar-refractivity contribution is -0.121. The Labute approximate surface area is 125 Å². The molecule has 0 radical (unpaired) electrons. The van der Waals surface area contributed by atoms with Crippen molar-refractivity contribution in [3.8, 4) is 0 Å². The van der Waals surface area contributed by atoms with Gasteiger partial charge in [-0.25, -0.2) is 0 Å². The normalized spacial score (nSPS) is 19.5. The number of hydrogen-bond donors (Lipinski definition) is 1. The number of fused-ring (bicyclic) bond motifs is 1. The molecule has 1 aliphatic rings. The van der Waals surface area contributed by atoms with Crippen LogP contribution >= 0.6 is 0 Å². The van der Waals surface area contributed by atoms with Gasteiger partial charge in [0.25, 0.3) is 0 Å². The molecule has 0 aromatic heterocycles. The highest BCUT2D eigenvalue weighted by Crippen LogP contribution is 2.25. The Bertz CT molecular complexity index is 650. The first-order valence-electron chi connectivity index (χ1n) is 7.71. The van der Waals surface area contributed by atoms with Gasteiger partial charge >= 0.3 is 0 Å². The lowest BCUT2D eigenvalue weighted by Gasteiger charge is -2.33. The van der Waals surface area contributed by atoms with E-state index in [2.05, 4.69) is 49.5 Å². The molecule has 0 bridgehead atoms. The zero-order valence-corrected chi connectivity index (χ0v) is 12.7. The molecule has 3 rings (SSSR count). The second-order valence-corrected chi connectivity index (χ2v) is 6.04. The summed E-state index contributed by atoms with van der Waals surface area (Å²) in [6.45, 7) is 4.98. The molecule has 0 spiro atoms. The van der Waals surface area contributed by atoms with Gasteiger partial charge in [0.2, 0.25) is 5.91 Å². The first kappa shape index (κ1) is 14.1. The second-order valence-electron chi connectivity index (χ2n) is 6.04. The molecule has 1 amide bonds. The van der Waals surface area contributed by atoms with Crippen LogP contribution in [-0.4, -0.2) is 24.5 Å². The first-order valence-corrected chi connectivity index (χ1v) is 7.71. The summed E-state index contributed by atoms with van der Waals surface area (Å²) in [5, 5.41) is 5.77. The van der Waals surface area contributed by atoms with E-state index in [4.69, 9.17) is 0 Å². The average molecular weight is 282 g/mol. The van der Waals surface area contributed by atoms with E-state index in [0.717, 1.165) is 25.1 Å². The highest BCUT2D eigenvalue weighted by molar-refractivity contribution is 5.99. The molecule has 0 aliphatic carbocycles. The smallest absolute Gasteiger partial charge is 0.244 e. The molecule has 1 saturated heterocycles. The topological polar surface area (TPSA) is 32.3 Å². The minimum absolute atomic E-state index is 0.0507. The molecule has 0 saturated carbocycles. The fraction of sp³-hybridized carbons (Fsp3) is 0.389. The van der Waals surface area contributed by atoms with Crippen molar-refractivity contribution in [1.29, 1.82) is 0 Å². The minimum Gasteiger partial charge on any atom is -0.311 e. The maximum atomic E-state index is 12.7. The average Bonchev–Trinajstić information content (AvgIpc) is 2.48. The van der Waals surface area contributed by atoms with Gasteiger partial charge in [-0.3, -0.25) is 4.79 Å². The van der Waals surface area contributed by atoms with Crippen LogP contribution in [0.15, 0.2) is 42.5 Å². The number of amides is 1. The maximum absolute atomic E-state index is 12.7. The molecule has 2 aromatic carbocycles. The molecule has 1 fully saturated rings. The van der Waals surface area contributed by atoms with Gasteiger partial charge in [-0.05, 0) is 35.7 Å². The summed E-state index contributed by atoms with van der Waals surface area (Å²) in [7, 11) is 0. The van der Waals surface area contributed by atoms with Crippen molar-refractivity contribution in [2.75, 3.05) is 11.4 Å². The summed E-state index contributed by atoms with van der Waals surface area (Å²) in [5.74, 6) is 0.199. The third kappa shape index (κ3) is 2.93. The predicted octanol–water partition coefficient (Wildman–Crippen LogP) is 3.33. The second kappa shape index (κ2) is 5.86. The van der Waals surface area contributed by atoms with E-state index in [9.17, 15) is 4.79 Å². The van der Waals surface area contributed by atoms with Crippen LogP contribution < -0.4 is 10.2 Å². The first-order chi connectivity index (χ1) is 10.1. The Morgan fingerprint density at radius 2 is 1.90 bits per heavy atom. The minimum atomic E-state index is -0.0507. The Hall–Kier alpha value is -1.87. The fourth-order valence-corrected chi connectivity index (χ4v) is 3.03. The highest BCUT2D eigenvalue weighted by Gasteiger charge is 2.29. The fourth-order valence-electron chi connectivity index (χ4n) is 3.03. The molecule has 1 heterocycles. The molecule has 3 heteroatoms. The van der Waals surface area contributed by atoms with Crippen LogP contribution in [-0.2, 0) is 4.79 Å². The van der Waals surface area contributed by atoms with Crippen LogP contribution in [0.1, 0.15) is 26.7 Å². The monoisotopic (exact) mass is 282 g/mol. The van der Waals surface area contributed by atoms with Gasteiger partial charge in [-0.15, -0.1) is 0 Å². The van der Waals surface area contributed by atoms with Crippen LogP contribution in [0, 0.1) is 0 Å². The van der Waals surface area contributed by atoms with E-state index in [-0.39, 0.29) is 11.9 Å². The molecule has 1 N–H and O–H groups in total. The van der Waals surface area contributed by atoms with E-state index in [1.165, 1.54) is 10.8 Å².